The van der Waals surface area contributed by atoms with Crippen LogP contribution in [-0.2, 0) is 0 Å². The van der Waals surface area contributed by atoms with E-state index >= 15 is 0 Å². The van der Waals surface area contributed by atoms with Gasteiger partial charge in [-0.3, -0.25) is 4.79 Å². The highest BCUT2D eigenvalue weighted by molar-refractivity contribution is 7.15. The second kappa shape index (κ2) is 6.49. The number of nitrogens with zero attached hydrogens (tertiary/aromatic N) is 1. The van der Waals surface area contributed by atoms with E-state index in [1.165, 1.54) is 6.20 Å². The van der Waals surface area contributed by atoms with E-state index in [2.05, 4.69) is 24.1 Å². The number of carboxylic acids is 1. The van der Waals surface area contributed by atoms with Crippen molar-refractivity contribution in [1.82, 2.24) is 10.3 Å². The maximum absolute atomic E-state index is 11.8. The number of aromatic carboxylic acids is 1. The van der Waals surface area contributed by atoms with Gasteiger partial charge in [0.25, 0.3) is 5.91 Å². The Balaban J connectivity index is 2.56. The largest absolute Gasteiger partial charge is 0.476 e. The van der Waals surface area contributed by atoms with Crippen LogP contribution in [-0.4, -0.2) is 28.0 Å². The molecule has 0 aliphatic carbocycles. The second-order valence-electron chi connectivity index (χ2n) is 4.46. The first kappa shape index (κ1) is 14.6. The van der Waals surface area contributed by atoms with Gasteiger partial charge in [-0.05, 0) is 19.3 Å². The molecule has 0 saturated heterocycles. The molecule has 100 valence electrons. The molecule has 2 atom stereocenters. The standard InChI is InChI=1S/C12H18N2O3S/c1-4-7(2)5-8(3)14-10(15)9-6-13-11(18-9)12(16)17/h6-8H,4-5H2,1-3H3,(H,14,15)(H,16,17). The van der Waals surface area contributed by atoms with Crippen LogP contribution in [0.15, 0.2) is 6.20 Å². The summed E-state index contributed by atoms with van der Waals surface area (Å²) in [6.07, 6.45) is 3.29. The number of carboxylic acid groups (broad SMARTS) is 1. The van der Waals surface area contributed by atoms with E-state index in [9.17, 15) is 9.59 Å². The van der Waals surface area contributed by atoms with Crippen molar-refractivity contribution in [2.45, 2.75) is 39.7 Å². The lowest BCUT2D eigenvalue weighted by Crippen LogP contribution is -2.33. The fraction of sp³-hybridized carbons (Fsp3) is 0.583. The third kappa shape index (κ3) is 4.10. The first-order valence-electron chi connectivity index (χ1n) is 5.94. The molecule has 1 aromatic rings. The van der Waals surface area contributed by atoms with Crippen molar-refractivity contribution in [3.63, 3.8) is 0 Å². The first-order chi connectivity index (χ1) is 8.43. The van der Waals surface area contributed by atoms with Crippen molar-refractivity contribution >= 4 is 23.2 Å². The van der Waals surface area contributed by atoms with Gasteiger partial charge in [-0.15, -0.1) is 11.3 Å². The molecule has 0 aliphatic rings. The van der Waals surface area contributed by atoms with Crippen molar-refractivity contribution in [1.29, 1.82) is 0 Å². The number of carbonyl (C=O) groups excluding carboxylic acids is 1. The number of aromatic nitrogens is 1. The van der Waals surface area contributed by atoms with Gasteiger partial charge >= 0.3 is 5.97 Å². The van der Waals surface area contributed by atoms with E-state index in [1.54, 1.807) is 0 Å². The van der Waals surface area contributed by atoms with Crippen LogP contribution in [0.5, 0.6) is 0 Å². The normalized spacial score (nSPS) is 13.9. The molecule has 1 aromatic heterocycles. The van der Waals surface area contributed by atoms with Crippen LogP contribution < -0.4 is 5.32 Å². The van der Waals surface area contributed by atoms with Crippen molar-refractivity contribution in [2.24, 2.45) is 5.92 Å². The molecule has 0 fully saturated rings. The first-order valence-corrected chi connectivity index (χ1v) is 6.75. The minimum atomic E-state index is -1.10. The van der Waals surface area contributed by atoms with E-state index in [0.29, 0.717) is 10.8 Å². The number of amides is 1. The zero-order chi connectivity index (χ0) is 13.7. The van der Waals surface area contributed by atoms with Gasteiger partial charge in [0.15, 0.2) is 0 Å². The Bertz CT molecular complexity index is 431. The van der Waals surface area contributed by atoms with Gasteiger partial charge < -0.3 is 10.4 Å². The fourth-order valence-electron chi connectivity index (χ4n) is 1.60. The fourth-order valence-corrected chi connectivity index (χ4v) is 2.26. The molecule has 2 N–H and O–H groups in total. The molecule has 0 aromatic carbocycles. The molecule has 18 heavy (non-hydrogen) atoms. The highest BCUT2D eigenvalue weighted by Crippen LogP contribution is 2.14. The predicted molar refractivity (Wildman–Crippen MR) is 70.1 cm³/mol. The minimum absolute atomic E-state index is 0.0604. The number of hydrogen-bond donors (Lipinski definition) is 2. The SMILES string of the molecule is CCC(C)CC(C)NC(=O)c1cnc(C(=O)O)s1. The number of hydrogen-bond acceptors (Lipinski definition) is 4. The summed E-state index contributed by atoms with van der Waals surface area (Å²) in [6, 6.07) is 0.0721. The minimum Gasteiger partial charge on any atom is -0.476 e. The summed E-state index contributed by atoms with van der Waals surface area (Å²) in [6.45, 7) is 6.20. The van der Waals surface area contributed by atoms with Crippen LogP contribution >= 0.6 is 11.3 Å². The lowest BCUT2D eigenvalue weighted by atomic mass is 10.0. The van der Waals surface area contributed by atoms with Gasteiger partial charge in [-0.2, -0.15) is 0 Å². The van der Waals surface area contributed by atoms with Crippen molar-refractivity contribution in [3.05, 3.63) is 16.1 Å². The number of carbonyl (C=O) groups is 2. The summed E-state index contributed by atoms with van der Waals surface area (Å²) in [5, 5.41) is 11.5. The van der Waals surface area contributed by atoms with Crippen LogP contribution in [0.2, 0.25) is 0 Å². The second-order valence-corrected chi connectivity index (χ2v) is 5.49. The molecular weight excluding hydrogens is 252 g/mol. The molecule has 0 saturated carbocycles. The smallest absolute Gasteiger partial charge is 0.365 e. The zero-order valence-electron chi connectivity index (χ0n) is 10.8. The quantitative estimate of drug-likeness (QED) is 0.832. The summed E-state index contributed by atoms with van der Waals surface area (Å²) in [7, 11) is 0. The molecular formula is C12H18N2O3S. The van der Waals surface area contributed by atoms with E-state index in [-0.39, 0.29) is 17.0 Å². The Morgan fingerprint density at radius 2 is 2.17 bits per heavy atom. The number of rotatable bonds is 6. The highest BCUT2D eigenvalue weighted by Gasteiger charge is 2.16. The Kier molecular flexibility index (Phi) is 5.27. The summed E-state index contributed by atoms with van der Waals surface area (Å²) in [5.41, 5.74) is 0. The van der Waals surface area contributed by atoms with Crippen LogP contribution in [0.25, 0.3) is 0 Å². The maximum Gasteiger partial charge on any atom is 0.365 e. The molecule has 5 nitrogen and oxygen atoms in total. The molecule has 6 heteroatoms. The summed E-state index contributed by atoms with van der Waals surface area (Å²) in [4.78, 5) is 26.5. The van der Waals surface area contributed by atoms with E-state index in [0.717, 1.165) is 24.2 Å². The van der Waals surface area contributed by atoms with Crippen LogP contribution in [0.3, 0.4) is 0 Å². The lowest BCUT2D eigenvalue weighted by molar-refractivity contribution is 0.0696. The van der Waals surface area contributed by atoms with Gasteiger partial charge in [0.2, 0.25) is 5.01 Å². The Morgan fingerprint density at radius 3 is 2.67 bits per heavy atom. The van der Waals surface area contributed by atoms with E-state index < -0.39 is 5.97 Å². The molecule has 0 radical (unpaired) electrons. The Hall–Kier alpha value is -1.43. The van der Waals surface area contributed by atoms with Gasteiger partial charge in [0.1, 0.15) is 4.88 Å². The molecule has 2 unspecified atom stereocenters. The number of nitrogens with one attached hydrogen (secondary N) is 1. The molecule has 0 bridgehead atoms. The van der Waals surface area contributed by atoms with Crippen LogP contribution in [0, 0.1) is 5.92 Å². The Labute approximate surface area is 110 Å². The summed E-state index contributed by atoms with van der Waals surface area (Å²) in [5.74, 6) is -0.807. The van der Waals surface area contributed by atoms with Crippen LogP contribution in [0.4, 0.5) is 0 Å². The molecule has 1 amide bonds. The van der Waals surface area contributed by atoms with Crippen molar-refractivity contribution in [2.75, 3.05) is 0 Å². The van der Waals surface area contributed by atoms with E-state index in [4.69, 9.17) is 5.11 Å². The average molecular weight is 270 g/mol. The zero-order valence-corrected chi connectivity index (χ0v) is 11.6. The van der Waals surface area contributed by atoms with Gasteiger partial charge in [0, 0.05) is 6.04 Å². The van der Waals surface area contributed by atoms with Gasteiger partial charge in [-0.1, -0.05) is 20.3 Å². The van der Waals surface area contributed by atoms with Crippen molar-refractivity contribution < 1.29 is 14.7 Å². The number of thiazole rings is 1. The van der Waals surface area contributed by atoms with E-state index in [1.807, 2.05) is 6.92 Å². The maximum atomic E-state index is 11.8. The third-order valence-corrected chi connectivity index (χ3v) is 3.73. The average Bonchev–Trinajstić information content (AvgIpc) is 2.77. The monoisotopic (exact) mass is 270 g/mol. The van der Waals surface area contributed by atoms with Gasteiger partial charge in [0.05, 0.1) is 6.20 Å². The van der Waals surface area contributed by atoms with Gasteiger partial charge in [-0.25, -0.2) is 9.78 Å². The van der Waals surface area contributed by atoms with Crippen molar-refractivity contribution in [3.8, 4) is 0 Å². The topological polar surface area (TPSA) is 79.3 Å². The summed E-state index contributed by atoms with van der Waals surface area (Å²) >= 11 is 0.893. The molecule has 0 spiro atoms. The third-order valence-electron chi connectivity index (χ3n) is 2.74. The summed E-state index contributed by atoms with van der Waals surface area (Å²) < 4.78 is 0. The Morgan fingerprint density at radius 1 is 1.50 bits per heavy atom. The predicted octanol–water partition coefficient (Wildman–Crippen LogP) is 2.40. The lowest BCUT2D eigenvalue weighted by Gasteiger charge is -2.16. The molecule has 1 heterocycles. The molecule has 1 rings (SSSR count). The highest BCUT2D eigenvalue weighted by atomic mass is 32.1. The molecule has 0 aliphatic heterocycles. The van der Waals surface area contributed by atoms with Crippen LogP contribution in [0.1, 0.15) is 53.1 Å².